The lowest BCUT2D eigenvalue weighted by molar-refractivity contribution is -0.131. The Balaban J connectivity index is 2.06. The molecule has 0 unspecified atom stereocenters. The quantitative estimate of drug-likeness (QED) is 0.755. The summed E-state index contributed by atoms with van der Waals surface area (Å²) in [5.74, 6) is -0.926. The van der Waals surface area contributed by atoms with Crippen molar-refractivity contribution < 1.29 is 9.90 Å². The lowest BCUT2D eigenvalue weighted by Crippen LogP contribution is -2.30. The van der Waals surface area contributed by atoms with E-state index in [-0.39, 0.29) is 0 Å². The van der Waals surface area contributed by atoms with Crippen LogP contribution in [0.25, 0.3) is 6.08 Å². The van der Waals surface area contributed by atoms with Crippen LogP contribution in [-0.2, 0) is 4.79 Å². The molecule has 0 radical (unpaired) electrons. The number of hydrogen-bond donors (Lipinski definition) is 2. The van der Waals surface area contributed by atoms with Crippen molar-refractivity contribution in [3.63, 3.8) is 0 Å². The van der Waals surface area contributed by atoms with Crippen LogP contribution in [0, 0.1) is 0 Å². The third-order valence-corrected chi connectivity index (χ3v) is 2.48. The molecule has 0 aromatic heterocycles. The minimum atomic E-state index is -0.926. The molecule has 0 spiro atoms. The SMILES string of the molecule is O=C(O)C=Cc1ccc(N2CCCN2)cc1. The maximum absolute atomic E-state index is 10.3. The highest BCUT2D eigenvalue weighted by atomic mass is 16.4. The lowest BCUT2D eigenvalue weighted by atomic mass is 10.2. The van der Waals surface area contributed by atoms with E-state index in [0.29, 0.717) is 0 Å². The summed E-state index contributed by atoms with van der Waals surface area (Å²) in [6.45, 7) is 2.03. The Hall–Kier alpha value is -1.81. The second-order valence-electron chi connectivity index (χ2n) is 3.68. The van der Waals surface area contributed by atoms with E-state index in [1.54, 1.807) is 6.08 Å². The van der Waals surface area contributed by atoms with Crippen molar-refractivity contribution in [1.29, 1.82) is 0 Å². The van der Waals surface area contributed by atoms with Crippen LogP contribution in [0.15, 0.2) is 30.3 Å². The van der Waals surface area contributed by atoms with Crippen LogP contribution < -0.4 is 10.4 Å². The molecule has 1 aliphatic heterocycles. The van der Waals surface area contributed by atoms with Gasteiger partial charge in [-0.25, -0.2) is 10.2 Å². The van der Waals surface area contributed by atoms with Gasteiger partial charge in [-0.3, -0.25) is 0 Å². The number of hydrazine groups is 1. The molecule has 0 atom stereocenters. The van der Waals surface area contributed by atoms with Crippen molar-refractivity contribution in [2.24, 2.45) is 0 Å². The Labute approximate surface area is 94.2 Å². The first kappa shape index (κ1) is 10.7. The number of benzene rings is 1. The molecule has 2 rings (SSSR count). The summed E-state index contributed by atoms with van der Waals surface area (Å²) in [6.07, 6.45) is 3.88. The summed E-state index contributed by atoms with van der Waals surface area (Å²) in [4.78, 5) is 10.3. The van der Waals surface area contributed by atoms with Crippen molar-refractivity contribution in [3.05, 3.63) is 35.9 Å². The van der Waals surface area contributed by atoms with Crippen LogP contribution in [0.5, 0.6) is 0 Å². The third kappa shape index (κ3) is 2.61. The molecule has 0 amide bonds. The molecular formula is C12H14N2O2. The topological polar surface area (TPSA) is 52.6 Å². The molecule has 1 saturated heterocycles. The van der Waals surface area contributed by atoms with E-state index in [9.17, 15) is 4.79 Å². The number of aliphatic carboxylic acids is 1. The number of nitrogens with one attached hydrogen (secondary N) is 1. The van der Waals surface area contributed by atoms with Crippen molar-refractivity contribution in [3.8, 4) is 0 Å². The normalized spacial score (nSPS) is 15.9. The molecule has 16 heavy (non-hydrogen) atoms. The highest BCUT2D eigenvalue weighted by molar-refractivity contribution is 5.85. The lowest BCUT2D eigenvalue weighted by Gasteiger charge is -2.17. The number of carboxylic acid groups (broad SMARTS) is 1. The maximum Gasteiger partial charge on any atom is 0.328 e. The van der Waals surface area contributed by atoms with Gasteiger partial charge < -0.3 is 10.1 Å². The first-order valence-electron chi connectivity index (χ1n) is 5.28. The van der Waals surface area contributed by atoms with E-state index in [2.05, 4.69) is 10.4 Å². The van der Waals surface area contributed by atoms with Crippen LogP contribution in [0.1, 0.15) is 12.0 Å². The van der Waals surface area contributed by atoms with E-state index in [1.807, 2.05) is 24.3 Å². The summed E-state index contributed by atoms with van der Waals surface area (Å²) in [5.41, 5.74) is 5.27. The first-order chi connectivity index (χ1) is 7.75. The Morgan fingerprint density at radius 3 is 2.69 bits per heavy atom. The van der Waals surface area contributed by atoms with Crippen LogP contribution in [0.2, 0.25) is 0 Å². The largest absolute Gasteiger partial charge is 0.478 e. The number of nitrogens with zero attached hydrogens (tertiary/aromatic N) is 1. The fourth-order valence-electron chi connectivity index (χ4n) is 1.68. The Morgan fingerprint density at radius 1 is 1.38 bits per heavy atom. The Morgan fingerprint density at radius 2 is 2.12 bits per heavy atom. The fraction of sp³-hybridized carbons (Fsp3) is 0.250. The number of carboxylic acids is 1. The molecule has 1 aromatic carbocycles. The number of rotatable bonds is 3. The third-order valence-electron chi connectivity index (χ3n) is 2.48. The van der Waals surface area contributed by atoms with Gasteiger partial charge in [0.1, 0.15) is 0 Å². The molecule has 4 nitrogen and oxygen atoms in total. The highest BCUT2D eigenvalue weighted by Crippen LogP contribution is 2.16. The zero-order chi connectivity index (χ0) is 11.4. The van der Waals surface area contributed by atoms with Gasteiger partial charge in [0.15, 0.2) is 0 Å². The highest BCUT2D eigenvalue weighted by Gasteiger charge is 2.10. The molecule has 1 aliphatic rings. The van der Waals surface area contributed by atoms with Gasteiger partial charge in [0, 0.05) is 19.2 Å². The van der Waals surface area contributed by atoms with Crippen molar-refractivity contribution >= 4 is 17.7 Å². The average Bonchev–Trinajstić information content (AvgIpc) is 2.80. The maximum atomic E-state index is 10.3. The zero-order valence-electron chi connectivity index (χ0n) is 8.89. The minimum Gasteiger partial charge on any atom is -0.478 e. The molecule has 1 heterocycles. The number of carbonyl (C=O) groups is 1. The standard InChI is InChI=1S/C12H14N2O2/c15-12(16)7-4-10-2-5-11(6-3-10)14-9-1-8-13-14/h2-7,13H,1,8-9H2,(H,15,16). The second kappa shape index (κ2) is 4.81. The van der Waals surface area contributed by atoms with Crippen LogP contribution in [-0.4, -0.2) is 24.2 Å². The predicted molar refractivity (Wildman–Crippen MR) is 63.1 cm³/mol. The van der Waals surface area contributed by atoms with Gasteiger partial charge in [0.05, 0.1) is 5.69 Å². The summed E-state index contributed by atoms with van der Waals surface area (Å²) in [5, 5.41) is 10.6. The summed E-state index contributed by atoms with van der Waals surface area (Å²) < 4.78 is 0. The predicted octanol–water partition coefficient (Wildman–Crippen LogP) is 1.50. The van der Waals surface area contributed by atoms with Gasteiger partial charge in [-0.15, -0.1) is 0 Å². The molecule has 1 fully saturated rings. The van der Waals surface area contributed by atoms with E-state index in [1.165, 1.54) is 0 Å². The zero-order valence-corrected chi connectivity index (χ0v) is 8.89. The van der Waals surface area contributed by atoms with Gasteiger partial charge >= 0.3 is 5.97 Å². The monoisotopic (exact) mass is 218 g/mol. The van der Waals surface area contributed by atoms with E-state index in [4.69, 9.17) is 5.11 Å². The molecule has 4 heteroatoms. The molecule has 0 aliphatic carbocycles. The number of hydrogen-bond acceptors (Lipinski definition) is 3. The van der Waals surface area contributed by atoms with Gasteiger partial charge in [-0.1, -0.05) is 12.1 Å². The Bertz CT molecular complexity index is 392. The van der Waals surface area contributed by atoms with Crippen molar-refractivity contribution in [2.75, 3.05) is 18.1 Å². The van der Waals surface area contributed by atoms with Gasteiger partial charge in [0.2, 0.25) is 0 Å². The van der Waals surface area contributed by atoms with Gasteiger partial charge in [0.25, 0.3) is 0 Å². The molecule has 84 valence electrons. The summed E-state index contributed by atoms with van der Waals surface area (Å²) >= 11 is 0. The van der Waals surface area contributed by atoms with Gasteiger partial charge in [-0.05, 0) is 30.2 Å². The van der Waals surface area contributed by atoms with Gasteiger partial charge in [-0.2, -0.15) is 0 Å². The Kier molecular flexibility index (Phi) is 3.22. The summed E-state index contributed by atoms with van der Waals surface area (Å²) in [7, 11) is 0. The van der Waals surface area contributed by atoms with E-state index < -0.39 is 5.97 Å². The molecule has 0 saturated carbocycles. The second-order valence-corrected chi connectivity index (χ2v) is 3.68. The van der Waals surface area contributed by atoms with E-state index >= 15 is 0 Å². The molecule has 0 bridgehead atoms. The molecule has 1 aromatic rings. The minimum absolute atomic E-state index is 0.894. The summed E-state index contributed by atoms with van der Waals surface area (Å²) in [6, 6.07) is 7.79. The van der Waals surface area contributed by atoms with Crippen LogP contribution in [0.3, 0.4) is 0 Å². The molecule has 2 N–H and O–H groups in total. The van der Waals surface area contributed by atoms with E-state index in [0.717, 1.165) is 36.8 Å². The van der Waals surface area contributed by atoms with Crippen LogP contribution >= 0.6 is 0 Å². The molecular weight excluding hydrogens is 204 g/mol. The van der Waals surface area contributed by atoms with Crippen LogP contribution in [0.4, 0.5) is 5.69 Å². The smallest absolute Gasteiger partial charge is 0.328 e. The first-order valence-corrected chi connectivity index (χ1v) is 5.28. The fourth-order valence-corrected chi connectivity index (χ4v) is 1.68. The number of anilines is 1. The average molecular weight is 218 g/mol. The van der Waals surface area contributed by atoms with Crippen molar-refractivity contribution in [1.82, 2.24) is 5.43 Å². The van der Waals surface area contributed by atoms with Crippen molar-refractivity contribution in [2.45, 2.75) is 6.42 Å².